The fraction of sp³-hybridized carbons (Fsp3) is 0.292. The molecule has 0 bridgehead atoms. The smallest absolute Gasteiger partial charge is 0.222 e. The third-order valence-corrected chi connectivity index (χ3v) is 6.02. The predicted octanol–water partition coefficient (Wildman–Crippen LogP) is 3.91. The number of carbonyl (C=O) groups excluding carboxylic acids is 1. The molecule has 0 aliphatic carbocycles. The number of fused-ring (bicyclic) bond motifs is 1. The highest BCUT2D eigenvalue weighted by Crippen LogP contribution is 2.25. The van der Waals surface area contributed by atoms with E-state index in [1.165, 1.54) is 10.9 Å². The molecule has 1 fully saturated rings. The summed E-state index contributed by atoms with van der Waals surface area (Å²) in [5, 5.41) is 8.01. The van der Waals surface area contributed by atoms with Crippen molar-refractivity contribution < 1.29 is 4.79 Å². The van der Waals surface area contributed by atoms with E-state index in [2.05, 4.69) is 50.2 Å². The summed E-state index contributed by atoms with van der Waals surface area (Å²) in [7, 11) is 0. The normalized spacial score (nSPS) is 16.4. The summed E-state index contributed by atoms with van der Waals surface area (Å²) in [5.41, 5.74) is 4.27. The van der Waals surface area contributed by atoms with E-state index in [1.54, 1.807) is 6.20 Å². The Morgan fingerprint density at radius 2 is 2.07 bits per heavy atom. The Morgan fingerprint density at radius 1 is 1.17 bits per heavy atom. The molecule has 152 valence electrons. The van der Waals surface area contributed by atoms with Crippen LogP contribution in [0.2, 0.25) is 0 Å². The highest BCUT2D eigenvalue weighted by Gasteiger charge is 2.26. The van der Waals surface area contributed by atoms with Crippen molar-refractivity contribution in [1.82, 2.24) is 24.6 Å². The van der Waals surface area contributed by atoms with Gasteiger partial charge in [-0.25, -0.2) is 0 Å². The number of aromatic nitrogens is 4. The molecule has 1 atom stereocenters. The maximum absolute atomic E-state index is 12.6. The minimum Gasteiger partial charge on any atom is -0.346 e. The van der Waals surface area contributed by atoms with Gasteiger partial charge in [0.1, 0.15) is 0 Å². The highest BCUT2D eigenvalue weighted by atomic mass is 16.2. The van der Waals surface area contributed by atoms with Gasteiger partial charge in [0.05, 0.1) is 23.6 Å². The number of hydrogen-bond donors (Lipinski definition) is 1. The molecule has 5 rings (SSSR count). The molecule has 6 heteroatoms. The maximum atomic E-state index is 12.6. The van der Waals surface area contributed by atoms with Crippen LogP contribution in [0.3, 0.4) is 0 Å². The Bertz CT molecular complexity index is 1130. The van der Waals surface area contributed by atoms with Gasteiger partial charge in [-0.2, -0.15) is 5.10 Å². The Morgan fingerprint density at radius 3 is 2.90 bits per heavy atom. The van der Waals surface area contributed by atoms with Crippen molar-refractivity contribution in [2.24, 2.45) is 5.92 Å². The molecule has 1 aliphatic heterocycles. The summed E-state index contributed by atoms with van der Waals surface area (Å²) in [6.45, 7) is 2.62. The molecule has 1 saturated heterocycles. The first-order valence-electron chi connectivity index (χ1n) is 10.5. The van der Waals surface area contributed by atoms with Crippen LogP contribution in [0.5, 0.6) is 0 Å². The van der Waals surface area contributed by atoms with E-state index in [1.807, 2.05) is 35.5 Å². The molecule has 1 amide bonds. The Labute approximate surface area is 175 Å². The van der Waals surface area contributed by atoms with Crippen LogP contribution in [0.15, 0.2) is 67.3 Å². The van der Waals surface area contributed by atoms with Crippen LogP contribution in [0.4, 0.5) is 0 Å². The molecule has 4 aromatic rings. The van der Waals surface area contributed by atoms with Crippen LogP contribution in [-0.4, -0.2) is 43.6 Å². The van der Waals surface area contributed by atoms with Gasteiger partial charge in [-0.1, -0.05) is 30.3 Å². The SMILES string of the molecule is O=C(CCc1ccccc1)N1CCC(Cn2ccc3cc(-c4cn[nH]c4)ncc32)C1. The lowest BCUT2D eigenvalue weighted by Crippen LogP contribution is -2.29. The van der Waals surface area contributed by atoms with Gasteiger partial charge in [0.2, 0.25) is 5.91 Å². The Kier molecular flexibility index (Phi) is 5.05. The maximum Gasteiger partial charge on any atom is 0.222 e. The summed E-state index contributed by atoms with van der Waals surface area (Å²) in [6.07, 6.45) is 10.2. The van der Waals surface area contributed by atoms with Gasteiger partial charge in [-0.3, -0.25) is 14.9 Å². The number of likely N-dealkylation sites (tertiary alicyclic amines) is 1. The lowest BCUT2D eigenvalue weighted by Gasteiger charge is -2.17. The number of rotatable bonds is 6. The lowest BCUT2D eigenvalue weighted by molar-refractivity contribution is -0.130. The molecule has 1 N–H and O–H groups in total. The number of amides is 1. The molecule has 6 nitrogen and oxygen atoms in total. The first-order chi connectivity index (χ1) is 14.8. The summed E-state index contributed by atoms with van der Waals surface area (Å²) < 4.78 is 2.27. The second-order valence-electron chi connectivity index (χ2n) is 8.06. The molecule has 3 aromatic heterocycles. The molecule has 0 spiro atoms. The summed E-state index contributed by atoms with van der Waals surface area (Å²) in [4.78, 5) is 19.3. The number of benzene rings is 1. The number of H-pyrrole nitrogens is 1. The second kappa shape index (κ2) is 8.14. The molecule has 4 heterocycles. The van der Waals surface area contributed by atoms with Crippen LogP contribution in [0, 0.1) is 5.92 Å². The van der Waals surface area contributed by atoms with Crippen LogP contribution >= 0.6 is 0 Å². The number of nitrogens with one attached hydrogen (secondary N) is 1. The Hall–Kier alpha value is -3.41. The molecule has 30 heavy (non-hydrogen) atoms. The van der Waals surface area contributed by atoms with Crippen molar-refractivity contribution in [2.75, 3.05) is 13.1 Å². The van der Waals surface area contributed by atoms with Gasteiger partial charge in [0, 0.05) is 49.4 Å². The number of nitrogens with zero attached hydrogens (tertiary/aromatic N) is 4. The molecular weight excluding hydrogens is 374 g/mol. The topological polar surface area (TPSA) is 66.8 Å². The zero-order valence-corrected chi connectivity index (χ0v) is 16.9. The van der Waals surface area contributed by atoms with Crippen molar-refractivity contribution in [3.8, 4) is 11.3 Å². The zero-order chi connectivity index (χ0) is 20.3. The van der Waals surface area contributed by atoms with Gasteiger partial charge in [-0.15, -0.1) is 0 Å². The van der Waals surface area contributed by atoms with E-state index in [4.69, 9.17) is 0 Å². The number of aromatic amines is 1. The first kappa shape index (κ1) is 18.6. The average molecular weight is 399 g/mol. The van der Waals surface area contributed by atoms with Gasteiger partial charge >= 0.3 is 0 Å². The number of pyridine rings is 1. The van der Waals surface area contributed by atoms with Gasteiger partial charge in [0.25, 0.3) is 0 Å². The lowest BCUT2D eigenvalue weighted by atomic mass is 10.1. The van der Waals surface area contributed by atoms with E-state index >= 15 is 0 Å². The average Bonchev–Trinajstić information content (AvgIpc) is 3.54. The largest absolute Gasteiger partial charge is 0.346 e. The quantitative estimate of drug-likeness (QED) is 0.535. The summed E-state index contributed by atoms with van der Waals surface area (Å²) in [6, 6.07) is 14.5. The summed E-state index contributed by atoms with van der Waals surface area (Å²) >= 11 is 0. The van der Waals surface area contributed by atoms with Crippen molar-refractivity contribution in [3.63, 3.8) is 0 Å². The van der Waals surface area contributed by atoms with Gasteiger partial charge < -0.3 is 9.47 Å². The van der Waals surface area contributed by atoms with E-state index in [0.717, 1.165) is 49.2 Å². The van der Waals surface area contributed by atoms with Crippen LogP contribution in [-0.2, 0) is 17.8 Å². The molecular formula is C24H25N5O. The van der Waals surface area contributed by atoms with Crippen molar-refractivity contribution in [3.05, 3.63) is 72.8 Å². The monoisotopic (exact) mass is 399 g/mol. The zero-order valence-electron chi connectivity index (χ0n) is 16.9. The van der Waals surface area contributed by atoms with E-state index in [9.17, 15) is 4.79 Å². The molecule has 1 aliphatic rings. The third kappa shape index (κ3) is 3.85. The van der Waals surface area contributed by atoms with Gasteiger partial charge in [0.15, 0.2) is 0 Å². The molecule has 1 unspecified atom stereocenters. The van der Waals surface area contributed by atoms with Crippen molar-refractivity contribution >= 4 is 16.8 Å². The van der Waals surface area contributed by atoms with E-state index in [0.29, 0.717) is 12.3 Å². The van der Waals surface area contributed by atoms with Crippen molar-refractivity contribution in [1.29, 1.82) is 0 Å². The Balaban J connectivity index is 1.20. The fourth-order valence-corrected chi connectivity index (χ4v) is 4.34. The molecule has 0 saturated carbocycles. The predicted molar refractivity (Wildman–Crippen MR) is 117 cm³/mol. The van der Waals surface area contributed by atoms with Crippen LogP contribution in [0.25, 0.3) is 22.2 Å². The number of aryl methyl sites for hydroxylation is 1. The highest BCUT2D eigenvalue weighted by molar-refractivity contribution is 5.83. The van der Waals surface area contributed by atoms with Gasteiger partial charge in [-0.05, 0) is 36.5 Å². The van der Waals surface area contributed by atoms with E-state index in [-0.39, 0.29) is 5.91 Å². The molecule has 1 aromatic carbocycles. The first-order valence-corrected chi connectivity index (χ1v) is 10.5. The van der Waals surface area contributed by atoms with E-state index < -0.39 is 0 Å². The number of hydrogen-bond acceptors (Lipinski definition) is 3. The summed E-state index contributed by atoms with van der Waals surface area (Å²) in [5.74, 6) is 0.750. The molecule has 0 radical (unpaired) electrons. The van der Waals surface area contributed by atoms with Crippen molar-refractivity contribution in [2.45, 2.75) is 25.8 Å². The fourth-order valence-electron chi connectivity index (χ4n) is 4.34. The second-order valence-corrected chi connectivity index (χ2v) is 8.06. The standard InChI is InChI=1S/C24H25N5O/c30-24(7-6-18-4-2-1-3-5-18)29-10-8-19(17-29)16-28-11-9-20-12-22(25-15-23(20)28)21-13-26-27-14-21/h1-5,9,11-15,19H,6-8,10,16-17H2,(H,26,27). The minimum atomic E-state index is 0.269. The third-order valence-electron chi connectivity index (χ3n) is 6.02. The number of carbonyl (C=O) groups is 1. The van der Waals surface area contributed by atoms with Crippen LogP contribution < -0.4 is 0 Å². The van der Waals surface area contributed by atoms with Crippen LogP contribution in [0.1, 0.15) is 18.4 Å². The minimum absolute atomic E-state index is 0.269.